The standard InChI is InChI=1S/C19H20ClNO7S/c20-14-2-4-15(5-3-14)25-10-11-28-19(22)13-21-29(23,24)16-6-7-17-18(12-16)27-9-1-8-26-17/h2-7,12,21H,1,8-11,13H2. The first-order valence-electron chi connectivity index (χ1n) is 8.87. The Balaban J connectivity index is 1.45. The molecule has 10 heteroatoms. The van der Waals surface area contributed by atoms with Crippen molar-refractivity contribution >= 4 is 27.6 Å². The van der Waals surface area contributed by atoms with Gasteiger partial charge in [-0.2, -0.15) is 4.72 Å². The second-order valence-corrected chi connectivity index (χ2v) is 8.21. The van der Waals surface area contributed by atoms with E-state index >= 15 is 0 Å². The Bertz CT molecular complexity index is 948. The molecule has 1 aliphatic rings. The summed E-state index contributed by atoms with van der Waals surface area (Å²) in [5.41, 5.74) is 0. The van der Waals surface area contributed by atoms with Crippen LogP contribution in [0, 0.1) is 0 Å². The lowest BCUT2D eigenvalue weighted by molar-refractivity contribution is -0.142. The van der Waals surface area contributed by atoms with Gasteiger partial charge in [-0.25, -0.2) is 8.42 Å². The van der Waals surface area contributed by atoms with Crippen LogP contribution in [0.4, 0.5) is 0 Å². The number of fused-ring (bicyclic) bond motifs is 1. The number of carbonyl (C=O) groups excluding carboxylic acids is 1. The van der Waals surface area contributed by atoms with Crippen LogP contribution in [0.25, 0.3) is 0 Å². The van der Waals surface area contributed by atoms with Crippen LogP contribution in [0.5, 0.6) is 17.2 Å². The summed E-state index contributed by atoms with van der Waals surface area (Å²) in [6.45, 7) is 0.548. The van der Waals surface area contributed by atoms with E-state index in [1.165, 1.54) is 18.2 Å². The maximum absolute atomic E-state index is 12.4. The predicted octanol–water partition coefficient (Wildman–Crippen LogP) is 2.40. The van der Waals surface area contributed by atoms with E-state index in [1.54, 1.807) is 24.3 Å². The third kappa shape index (κ3) is 6.25. The van der Waals surface area contributed by atoms with E-state index in [2.05, 4.69) is 4.72 Å². The van der Waals surface area contributed by atoms with Crippen LogP contribution < -0.4 is 18.9 Å². The average molecular weight is 442 g/mol. The molecule has 0 spiro atoms. The number of benzene rings is 2. The highest BCUT2D eigenvalue weighted by Gasteiger charge is 2.20. The second-order valence-electron chi connectivity index (χ2n) is 6.01. The van der Waals surface area contributed by atoms with Crippen LogP contribution in [-0.2, 0) is 19.6 Å². The van der Waals surface area contributed by atoms with Gasteiger partial charge >= 0.3 is 5.97 Å². The lowest BCUT2D eigenvalue weighted by Gasteiger charge is -2.11. The highest BCUT2D eigenvalue weighted by Crippen LogP contribution is 2.31. The minimum absolute atomic E-state index is 0.0206. The summed E-state index contributed by atoms with van der Waals surface area (Å²) < 4.78 is 48.3. The smallest absolute Gasteiger partial charge is 0.321 e. The van der Waals surface area contributed by atoms with Gasteiger partial charge in [-0.1, -0.05) is 11.6 Å². The average Bonchev–Trinajstić information content (AvgIpc) is 2.96. The van der Waals surface area contributed by atoms with Crippen LogP contribution in [0.1, 0.15) is 6.42 Å². The number of hydrogen-bond acceptors (Lipinski definition) is 7. The maximum Gasteiger partial charge on any atom is 0.321 e. The molecular weight excluding hydrogens is 422 g/mol. The molecular formula is C19H20ClNO7S. The Morgan fingerprint density at radius 3 is 2.52 bits per heavy atom. The molecule has 1 aliphatic heterocycles. The fourth-order valence-electron chi connectivity index (χ4n) is 2.44. The van der Waals surface area contributed by atoms with Crippen LogP contribution in [-0.4, -0.2) is 47.4 Å². The number of hydrogen-bond donors (Lipinski definition) is 1. The van der Waals surface area contributed by atoms with Crippen molar-refractivity contribution in [1.82, 2.24) is 4.72 Å². The zero-order chi connectivity index (χ0) is 20.7. The van der Waals surface area contributed by atoms with Crippen molar-refractivity contribution in [2.75, 3.05) is 33.0 Å². The number of sulfonamides is 1. The molecule has 0 amide bonds. The van der Waals surface area contributed by atoms with Crippen molar-refractivity contribution in [2.45, 2.75) is 11.3 Å². The molecule has 0 fully saturated rings. The number of esters is 1. The second kappa shape index (κ2) is 9.82. The Kier molecular flexibility index (Phi) is 7.18. The molecule has 0 atom stereocenters. The summed E-state index contributed by atoms with van der Waals surface area (Å²) in [4.78, 5) is 11.8. The third-order valence-electron chi connectivity index (χ3n) is 3.86. The predicted molar refractivity (Wildman–Crippen MR) is 105 cm³/mol. The van der Waals surface area contributed by atoms with Gasteiger partial charge in [0, 0.05) is 17.5 Å². The van der Waals surface area contributed by atoms with E-state index < -0.39 is 22.5 Å². The Labute approximate surface area is 173 Å². The van der Waals surface area contributed by atoms with Crippen molar-refractivity contribution in [1.29, 1.82) is 0 Å². The number of ether oxygens (including phenoxy) is 4. The minimum Gasteiger partial charge on any atom is -0.490 e. The van der Waals surface area contributed by atoms with Crippen molar-refractivity contribution in [3.63, 3.8) is 0 Å². The molecule has 29 heavy (non-hydrogen) atoms. The van der Waals surface area contributed by atoms with Crippen LogP contribution in [0.2, 0.25) is 5.02 Å². The van der Waals surface area contributed by atoms with Gasteiger partial charge in [-0.05, 0) is 36.4 Å². The molecule has 0 aromatic heterocycles. The van der Waals surface area contributed by atoms with Gasteiger partial charge in [0.15, 0.2) is 11.5 Å². The molecule has 0 radical (unpaired) electrons. The summed E-state index contributed by atoms with van der Waals surface area (Å²) in [5, 5.41) is 0.588. The van der Waals surface area contributed by atoms with Gasteiger partial charge in [0.1, 0.15) is 25.5 Å². The molecule has 8 nitrogen and oxygen atoms in total. The van der Waals surface area contributed by atoms with E-state index in [9.17, 15) is 13.2 Å². The van der Waals surface area contributed by atoms with Crippen molar-refractivity contribution in [2.24, 2.45) is 0 Å². The lowest BCUT2D eigenvalue weighted by atomic mass is 10.3. The van der Waals surface area contributed by atoms with E-state index in [4.69, 9.17) is 30.5 Å². The molecule has 1 N–H and O–H groups in total. The number of rotatable bonds is 8. The number of halogens is 1. The van der Waals surface area contributed by atoms with Crippen molar-refractivity contribution in [3.8, 4) is 17.2 Å². The minimum atomic E-state index is -3.91. The summed E-state index contributed by atoms with van der Waals surface area (Å²) in [7, 11) is -3.91. The Hall–Kier alpha value is -2.49. The van der Waals surface area contributed by atoms with Gasteiger partial charge in [0.2, 0.25) is 10.0 Å². The zero-order valence-electron chi connectivity index (χ0n) is 15.4. The topological polar surface area (TPSA) is 100 Å². The van der Waals surface area contributed by atoms with E-state index in [0.29, 0.717) is 41.9 Å². The molecule has 0 bridgehead atoms. The summed E-state index contributed by atoms with van der Waals surface area (Å²) in [5.74, 6) is 0.706. The van der Waals surface area contributed by atoms with E-state index in [-0.39, 0.29) is 18.1 Å². The fourth-order valence-corrected chi connectivity index (χ4v) is 3.55. The molecule has 156 valence electrons. The van der Waals surface area contributed by atoms with Gasteiger partial charge < -0.3 is 18.9 Å². The Morgan fingerprint density at radius 2 is 1.76 bits per heavy atom. The van der Waals surface area contributed by atoms with Gasteiger partial charge in [0.05, 0.1) is 18.1 Å². The van der Waals surface area contributed by atoms with Crippen LogP contribution in [0.3, 0.4) is 0 Å². The number of nitrogens with one attached hydrogen (secondary N) is 1. The summed E-state index contributed by atoms with van der Waals surface area (Å²) in [6.07, 6.45) is 0.711. The van der Waals surface area contributed by atoms with E-state index in [1.807, 2.05) is 0 Å². The zero-order valence-corrected chi connectivity index (χ0v) is 17.0. The monoisotopic (exact) mass is 441 g/mol. The molecule has 0 saturated heterocycles. The first-order valence-corrected chi connectivity index (χ1v) is 10.7. The van der Waals surface area contributed by atoms with Gasteiger partial charge in [0.25, 0.3) is 0 Å². The quantitative estimate of drug-likeness (QED) is 0.496. The molecule has 0 aliphatic carbocycles. The first-order chi connectivity index (χ1) is 13.9. The third-order valence-corrected chi connectivity index (χ3v) is 5.52. The molecule has 1 heterocycles. The lowest BCUT2D eigenvalue weighted by Crippen LogP contribution is -2.31. The van der Waals surface area contributed by atoms with Gasteiger partial charge in [-0.15, -0.1) is 0 Å². The van der Waals surface area contributed by atoms with Crippen molar-refractivity contribution < 1.29 is 32.2 Å². The Morgan fingerprint density at radius 1 is 1.03 bits per heavy atom. The summed E-state index contributed by atoms with van der Waals surface area (Å²) in [6, 6.07) is 11.0. The molecule has 3 rings (SSSR count). The highest BCUT2D eigenvalue weighted by molar-refractivity contribution is 7.89. The molecule has 2 aromatic carbocycles. The van der Waals surface area contributed by atoms with Crippen molar-refractivity contribution in [3.05, 3.63) is 47.5 Å². The molecule has 0 saturated carbocycles. The molecule has 2 aromatic rings. The van der Waals surface area contributed by atoms with Crippen LogP contribution >= 0.6 is 11.6 Å². The van der Waals surface area contributed by atoms with Crippen LogP contribution in [0.15, 0.2) is 47.4 Å². The largest absolute Gasteiger partial charge is 0.490 e. The fraction of sp³-hybridized carbons (Fsp3) is 0.316. The maximum atomic E-state index is 12.4. The molecule has 0 unspecified atom stereocenters. The number of carbonyl (C=O) groups is 1. The summed E-state index contributed by atoms with van der Waals surface area (Å²) >= 11 is 5.78. The highest BCUT2D eigenvalue weighted by atomic mass is 35.5. The van der Waals surface area contributed by atoms with Gasteiger partial charge in [-0.3, -0.25) is 4.79 Å². The SMILES string of the molecule is O=C(CNS(=O)(=O)c1ccc2c(c1)OCCCO2)OCCOc1ccc(Cl)cc1. The normalized spacial score (nSPS) is 13.4. The van der Waals surface area contributed by atoms with E-state index in [0.717, 1.165) is 0 Å². The first kappa shape index (κ1) is 21.2.